The summed E-state index contributed by atoms with van der Waals surface area (Å²) in [6, 6.07) is 3.59. The lowest BCUT2D eigenvalue weighted by Crippen LogP contribution is -2.44. The molecule has 0 saturated carbocycles. The molecule has 0 fully saturated rings. The van der Waals surface area contributed by atoms with E-state index in [1.807, 2.05) is 6.07 Å². The minimum Gasteiger partial charge on any atom is -0.480 e. The van der Waals surface area contributed by atoms with Crippen LogP contribution in [0.5, 0.6) is 0 Å². The van der Waals surface area contributed by atoms with Gasteiger partial charge in [0.25, 0.3) is 0 Å². The highest BCUT2D eigenvalue weighted by molar-refractivity contribution is 7.92. The van der Waals surface area contributed by atoms with Gasteiger partial charge in [-0.15, -0.1) is 0 Å². The van der Waals surface area contributed by atoms with Gasteiger partial charge in [-0.3, -0.25) is 4.79 Å². The minimum absolute atomic E-state index is 0.183. The summed E-state index contributed by atoms with van der Waals surface area (Å²) in [5.74, 6) is -0.960. The van der Waals surface area contributed by atoms with E-state index in [9.17, 15) is 13.2 Å². The van der Waals surface area contributed by atoms with Crippen LogP contribution in [0.1, 0.15) is 18.1 Å². The number of rotatable bonds is 2. The molecule has 0 bridgehead atoms. The van der Waals surface area contributed by atoms with Gasteiger partial charge >= 0.3 is 5.97 Å². The van der Waals surface area contributed by atoms with Crippen molar-refractivity contribution in [3.05, 3.63) is 23.3 Å². The van der Waals surface area contributed by atoms with Gasteiger partial charge < -0.3 is 10.0 Å². The van der Waals surface area contributed by atoms with E-state index in [0.29, 0.717) is 11.3 Å². The number of fused-ring (bicyclic) bond motifs is 1. The molecule has 0 amide bonds. The van der Waals surface area contributed by atoms with E-state index in [2.05, 4.69) is 0 Å². The third-order valence-electron chi connectivity index (χ3n) is 3.46. The van der Waals surface area contributed by atoms with Crippen molar-refractivity contribution in [1.29, 1.82) is 0 Å². The average molecular weight is 283 g/mol. The fraction of sp³-hybridized carbons (Fsp3) is 0.462. The van der Waals surface area contributed by atoms with Crippen LogP contribution in [0, 0.1) is 13.8 Å². The van der Waals surface area contributed by atoms with Crippen molar-refractivity contribution in [2.75, 3.05) is 18.0 Å². The van der Waals surface area contributed by atoms with Gasteiger partial charge in [-0.05, 0) is 31.9 Å². The molecule has 5 nitrogen and oxygen atoms in total. The number of hydrogen-bond donors (Lipinski definition) is 1. The predicted molar refractivity (Wildman–Crippen MR) is 72.4 cm³/mol. The first kappa shape index (κ1) is 13.9. The van der Waals surface area contributed by atoms with Crippen LogP contribution in [-0.4, -0.2) is 37.8 Å². The molecule has 104 valence electrons. The molecule has 2 rings (SSSR count). The van der Waals surface area contributed by atoms with E-state index in [0.717, 1.165) is 5.56 Å². The number of nitrogens with zero attached hydrogens (tertiary/aromatic N) is 1. The van der Waals surface area contributed by atoms with E-state index in [1.165, 1.54) is 0 Å². The Hall–Kier alpha value is -1.56. The van der Waals surface area contributed by atoms with Crippen molar-refractivity contribution in [3.63, 3.8) is 0 Å². The van der Waals surface area contributed by atoms with Crippen molar-refractivity contribution < 1.29 is 18.3 Å². The zero-order valence-corrected chi connectivity index (χ0v) is 12.0. The monoisotopic (exact) mass is 283 g/mol. The Balaban J connectivity index is 2.71. The van der Waals surface area contributed by atoms with Crippen LogP contribution in [0.25, 0.3) is 0 Å². The van der Waals surface area contributed by atoms with Crippen LogP contribution in [0.4, 0.5) is 5.69 Å². The quantitative estimate of drug-likeness (QED) is 0.887. The van der Waals surface area contributed by atoms with E-state index in [-0.39, 0.29) is 18.0 Å². The molecule has 0 aliphatic carbocycles. The van der Waals surface area contributed by atoms with Gasteiger partial charge in [0.2, 0.25) is 0 Å². The molecule has 19 heavy (non-hydrogen) atoms. The Morgan fingerprint density at radius 1 is 1.37 bits per heavy atom. The average Bonchev–Trinajstić information content (AvgIpc) is 2.28. The summed E-state index contributed by atoms with van der Waals surface area (Å²) in [4.78, 5) is 12.9. The molecule has 0 spiro atoms. The standard InChI is InChI=1S/C13H17NO4S/c1-8-4-5-9(2)13-12(8)14(7-11(15)16)6-10(3)19(13,17)18/h4-5,10H,6-7H2,1-3H3,(H,15,16). The van der Waals surface area contributed by atoms with Gasteiger partial charge in [0.1, 0.15) is 6.54 Å². The second-order valence-electron chi connectivity index (χ2n) is 5.01. The summed E-state index contributed by atoms with van der Waals surface area (Å²) < 4.78 is 24.9. The fourth-order valence-electron chi connectivity index (χ4n) is 2.53. The number of sulfone groups is 1. The summed E-state index contributed by atoms with van der Waals surface area (Å²) in [6.45, 7) is 5.20. The molecular formula is C13H17NO4S. The molecule has 1 aromatic carbocycles. The number of benzene rings is 1. The van der Waals surface area contributed by atoms with Gasteiger partial charge in [-0.1, -0.05) is 12.1 Å². The van der Waals surface area contributed by atoms with Gasteiger partial charge in [0.15, 0.2) is 9.84 Å². The largest absolute Gasteiger partial charge is 0.480 e. The Morgan fingerprint density at radius 2 is 1.95 bits per heavy atom. The van der Waals surface area contributed by atoms with Crippen LogP contribution in [0.2, 0.25) is 0 Å². The van der Waals surface area contributed by atoms with Gasteiger partial charge in [-0.2, -0.15) is 0 Å². The summed E-state index contributed by atoms with van der Waals surface area (Å²) in [6.07, 6.45) is 0. The Morgan fingerprint density at radius 3 is 2.53 bits per heavy atom. The number of aliphatic carboxylic acids is 1. The first-order valence-corrected chi connectivity index (χ1v) is 7.60. The number of carboxylic acids is 1. The first-order chi connectivity index (χ1) is 8.75. The normalized spacial score (nSPS) is 21.0. The number of aryl methyl sites for hydroxylation is 2. The maximum Gasteiger partial charge on any atom is 0.323 e. The maximum atomic E-state index is 12.4. The molecule has 1 aromatic rings. The van der Waals surface area contributed by atoms with E-state index >= 15 is 0 Å². The summed E-state index contributed by atoms with van der Waals surface area (Å²) in [5, 5.41) is 8.38. The first-order valence-electron chi connectivity index (χ1n) is 6.06. The lowest BCUT2D eigenvalue weighted by atomic mass is 10.1. The van der Waals surface area contributed by atoms with Crippen molar-refractivity contribution >= 4 is 21.5 Å². The van der Waals surface area contributed by atoms with Crippen molar-refractivity contribution in [2.45, 2.75) is 30.9 Å². The highest BCUT2D eigenvalue weighted by atomic mass is 32.2. The maximum absolute atomic E-state index is 12.4. The molecule has 0 radical (unpaired) electrons. The highest BCUT2D eigenvalue weighted by Gasteiger charge is 2.37. The van der Waals surface area contributed by atoms with Gasteiger partial charge in [0.05, 0.1) is 15.8 Å². The molecule has 1 aliphatic heterocycles. The molecule has 1 unspecified atom stereocenters. The van der Waals surface area contributed by atoms with Crippen molar-refractivity contribution in [1.82, 2.24) is 0 Å². The van der Waals surface area contributed by atoms with Gasteiger partial charge in [0, 0.05) is 6.54 Å². The summed E-state index contributed by atoms with van der Waals surface area (Å²) in [5.41, 5.74) is 2.00. The Labute approximate surface area is 112 Å². The predicted octanol–water partition coefficient (Wildman–Crippen LogP) is 1.37. The number of carboxylic acid groups (broad SMARTS) is 1. The molecule has 6 heteroatoms. The van der Waals surface area contributed by atoms with E-state index in [4.69, 9.17) is 5.11 Å². The summed E-state index contributed by atoms with van der Waals surface area (Å²) >= 11 is 0. The third-order valence-corrected chi connectivity index (χ3v) is 5.76. The molecule has 0 saturated heterocycles. The highest BCUT2D eigenvalue weighted by Crippen LogP contribution is 2.38. The lowest BCUT2D eigenvalue weighted by molar-refractivity contribution is -0.135. The molecule has 1 aliphatic rings. The lowest BCUT2D eigenvalue weighted by Gasteiger charge is -2.35. The van der Waals surface area contributed by atoms with Crippen molar-refractivity contribution in [3.8, 4) is 0 Å². The van der Waals surface area contributed by atoms with E-state index in [1.54, 1.807) is 31.7 Å². The zero-order chi connectivity index (χ0) is 14.4. The Kier molecular flexibility index (Phi) is 3.30. The van der Waals surface area contributed by atoms with Crippen LogP contribution in [0.3, 0.4) is 0 Å². The van der Waals surface area contributed by atoms with Crippen LogP contribution in [-0.2, 0) is 14.6 Å². The number of anilines is 1. The van der Waals surface area contributed by atoms with E-state index < -0.39 is 21.1 Å². The molecule has 1 N–H and O–H groups in total. The SMILES string of the molecule is Cc1ccc(C)c2c1N(CC(=O)O)CC(C)S2(=O)=O. The zero-order valence-electron chi connectivity index (χ0n) is 11.2. The second-order valence-corrected chi connectivity index (χ2v) is 7.31. The van der Waals surface area contributed by atoms with Crippen molar-refractivity contribution in [2.24, 2.45) is 0 Å². The fourth-order valence-corrected chi connectivity index (χ4v) is 4.39. The smallest absolute Gasteiger partial charge is 0.323 e. The molecule has 1 heterocycles. The number of hydrogen-bond acceptors (Lipinski definition) is 4. The summed E-state index contributed by atoms with van der Waals surface area (Å²) in [7, 11) is -3.38. The third kappa shape index (κ3) is 2.20. The molecule has 1 atom stereocenters. The number of carbonyl (C=O) groups is 1. The van der Waals surface area contributed by atoms with Crippen LogP contribution >= 0.6 is 0 Å². The van der Waals surface area contributed by atoms with Crippen LogP contribution < -0.4 is 4.90 Å². The second kappa shape index (κ2) is 4.52. The Bertz CT molecular complexity index is 636. The topological polar surface area (TPSA) is 74.7 Å². The van der Waals surface area contributed by atoms with Gasteiger partial charge in [-0.25, -0.2) is 8.42 Å². The van der Waals surface area contributed by atoms with Crippen LogP contribution in [0.15, 0.2) is 17.0 Å². The minimum atomic E-state index is -3.38. The molecule has 0 aromatic heterocycles. The molecular weight excluding hydrogens is 266 g/mol.